The zero-order chi connectivity index (χ0) is 23.8. The second kappa shape index (κ2) is 8.70. The molecule has 1 aliphatic heterocycles. The first-order valence-electron chi connectivity index (χ1n) is 11.3. The van der Waals surface area contributed by atoms with Crippen LogP contribution in [0.15, 0.2) is 48.7 Å². The molecular weight excluding hydrogens is 432 g/mol. The summed E-state index contributed by atoms with van der Waals surface area (Å²) in [5.74, 6) is -0.764. The van der Waals surface area contributed by atoms with E-state index in [0.717, 1.165) is 38.6 Å². The lowest BCUT2D eigenvalue weighted by atomic mass is 10.00. The van der Waals surface area contributed by atoms with Gasteiger partial charge in [-0.05, 0) is 29.8 Å². The summed E-state index contributed by atoms with van der Waals surface area (Å²) in [7, 11) is 1.36. The highest BCUT2D eigenvalue weighted by atomic mass is 16.5. The Kier molecular flexibility index (Phi) is 5.57. The van der Waals surface area contributed by atoms with E-state index >= 15 is 0 Å². The monoisotopic (exact) mass is 458 g/mol. The maximum Gasteiger partial charge on any atom is 0.337 e. The third kappa shape index (κ3) is 3.91. The largest absolute Gasteiger partial charge is 0.465 e. The SMILES string of the molecule is COC(=O)c1ccc2[nH]c3c(c2c1)CN(C(=O)C(Cc1c[nH]c2ccccc12)NC(C)=O)CC3. The topological polar surface area (TPSA) is 107 Å². The van der Waals surface area contributed by atoms with Crippen LogP contribution in [0.1, 0.15) is 34.1 Å². The fraction of sp³-hybridized carbons (Fsp3) is 0.269. The number of aromatic amines is 2. The van der Waals surface area contributed by atoms with Crippen LogP contribution in [0, 0.1) is 0 Å². The minimum atomic E-state index is -0.672. The molecule has 2 amide bonds. The smallest absolute Gasteiger partial charge is 0.337 e. The van der Waals surface area contributed by atoms with Crippen LogP contribution in [-0.2, 0) is 33.7 Å². The molecule has 4 aromatic rings. The van der Waals surface area contributed by atoms with Gasteiger partial charge in [-0.15, -0.1) is 0 Å². The van der Waals surface area contributed by atoms with Crippen molar-refractivity contribution in [2.75, 3.05) is 13.7 Å². The van der Waals surface area contributed by atoms with E-state index in [1.807, 2.05) is 42.6 Å². The molecule has 0 fully saturated rings. The van der Waals surface area contributed by atoms with E-state index < -0.39 is 12.0 Å². The lowest BCUT2D eigenvalue weighted by Crippen LogP contribution is -2.50. The van der Waals surface area contributed by atoms with Crippen LogP contribution >= 0.6 is 0 Å². The highest BCUT2D eigenvalue weighted by Gasteiger charge is 2.30. The van der Waals surface area contributed by atoms with Gasteiger partial charge in [0.25, 0.3) is 0 Å². The molecule has 0 saturated carbocycles. The number of fused-ring (bicyclic) bond motifs is 4. The number of rotatable bonds is 5. The number of nitrogens with zero attached hydrogens (tertiary/aromatic N) is 1. The maximum absolute atomic E-state index is 13.6. The van der Waals surface area contributed by atoms with Gasteiger partial charge in [-0.3, -0.25) is 9.59 Å². The molecule has 8 nitrogen and oxygen atoms in total. The summed E-state index contributed by atoms with van der Waals surface area (Å²) in [6.45, 7) is 2.38. The summed E-state index contributed by atoms with van der Waals surface area (Å²) in [5, 5.41) is 4.80. The lowest BCUT2D eigenvalue weighted by Gasteiger charge is -2.31. The number of carbonyl (C=O) groups excluding carboxylic acids is 3. The molecule has 5 rings (SSSR count). The van der Waals surface area contributed by atoms with Gasteiger partial charge in [-0.1, -0.05) is 18.2 Å². The number of hydrogen-bond acceptors (Lipinski definition) is 4. The van der Waals surface area contributed by atoms with Gasteiger partial charge in [0.2, 0.25) is 11.8 Å². The van der Waals surface area contributed by atoms with Crippen molar-refractivity contribution in [3.8, 4) is 0 Å². The Morgan fingerprint density at radius 1 is 1.12 bits per heavy atom. The Hall–Kier alpha value is -4.07. The van der Waals surface area contributed by atoms with E-state index in [2.05, 4.69) is 15.3 Å². The minimum absolute atomic E-state index is 0.121. The van der Waals surface area contributed by atoms with Crippen molar-refractivity contribution >= 4 is 39.6 Å². The third-order valence-electron chi connectivity index (χ3n) is 6.48. The predicted molar refractivity (Wildman–Crippen MR) is 128 cm³/mol. The van der Waals surface area contributed by atoms with Gasteiger partial charge in [-0.25, -0.2) is 4.79 Å². The molecule has 0 bridgehead atoms. The summed E-state index contributed by atoms with van der Waals surface area (Å²) in [6, 6.07) is 12.6. The van der Waals surface area contributed by atoms with Crippen molar-refractivity contribution in [3.63, 3.8) is 0 Å². The number of aromatic nitrogens is 2. The Morgan fingerprint density at radius 2 is 1.94 bits per heavy atom. The summed E-state index contributed by atoms with van der Waals surface area (Å²) in [6.07, 6.45) is 2.96. The number of carbonyl (C=O) groups is 3. The summed E-state index contributed by atoms with van der Waals surface area (Å²) >= 11 is 0. The molecule has 1 aliphatic rings. The number of ether oxygens (including phenoxy) is 1. The fourth-order valence-electron chi connectivity index (χ4n) is 4.83. The highest BCUT2D eigenvalue weighted by Crippen LogP contribution is 2.29. The lowest BCUT2D eigenvalue weighted by molar-refractivity contribution is -0.136. The van der Waals surface area contributed by atoms with Crippen molar-refractivity contribution in [1.82, 2.24) is 20.2 Å². The number of amides is 2. The number of benzene rings is 2. The van der Waals surface area contributed by atoms with Crippen LogP contribution in [0.4, 0.5) is 0 Å². The normalized spacial score (nSPS) is 14.1. The molecule has 3 heterocycles. The van der Waals surface area contributed by atoms with Gasteiger partial charge in [0.15, 0.2) is 0 Å². The molecule has 2 aromatic heterocycles. The molecule has 1 atom stereocenters. The Balaban J connectivity index is 1.43. The minimum Gasteiger partial charge on any atom is -0.465 e. The number of esters is 1. The zero-order valence-electron chi connectivity index (χ0n) is 19.1. The van der Waals surface area contributed by atoms with Crippen molar-refractivity contribution in [2.24, 2.45) is 0 Å². The molecular formula is C26H26N4O4. The number of nitrogens with one attached hydrogen (secondary N) is 3. The molecule has 2 aromatic carbocycles. The maximum atomic E-state index is 13.6. The molecule has 0 radical (unpaired) electrons. The van der Waals surface area contributed by atoms with Crippen LogP contribution in [0.3, 0.4) is 0 Å². The van der Waals surface area contributed by atoms with Crippen molar-refractivity contribution in [3.05, 3.63) is 71.0 Å². The quantitative estimate of drug-likeness (QED) is 0.400. The van der Waals surface area contributed by atoms with Crippen molar-refractivity contribution in [1.29, 1.82) is 0 Å². The summed E-state index contributed by atoms with van der Waals surface area (Å²) in [4.78, 5) is 46.0. The van der Waals surface area contributed by atoms with Gasteiger partial charge in [0.05, 0.1) is 12.7 Å². The summed E-state index contributed by atoms with van der Waals surface area (Å²) < 4.78 is 4.86. The van der Waals surface area contributed by atoms with E-state index in [4.69, 9.17) is 4.74 Å². The van der Waals surface area contributed by atoms with E-state index in [0.29, 0.717) is 31.5 Å². The number of para-hydroxylation sites is 1. The molecule has 0 aliphatic carbocycles. The first kappa shape index (κ1) is 21.8. The van der Waals surface area contributed by atoms with Crippen LogP contribution in [0.25, 0.3) is 21.8 Å². The molecule has 1 unspecified atom stereocenters. The first-order chi connectivity index (χ1) is 16.4. The average molecular weight is 459 g/mol. The Labute approximate surface area is 196 Å². The molecule has 3 N–H and O–H groups in total. The van der Waals surface area contributed by atoms with Crippen molar-refractivity contribution in [2.45, 2.75) is 32.4 Å². The third-order valence-corrected chi connectivity index (χ3v) is 6.48. The van der Waals surface area contributed by atoms with Gasteiger partial charge in [0, 0.05) is 72.1 Å². The fourth-order valence-corrected chi connectivity index (χ4v) is 4.83. The zero-order valence-corrected chi connectivity index (χ0v) is 19.1. The second-order valence-electron chi connectivity index (χ2n) is 8.66. The predicted octanol–water partition coefficient (Wildman–Crippen LogP) is 3.07. The first-order valence-corrected chi connectivity index (χ1v) is 11.3. The van der Waals surface area contributed by atoms with Crippen molar-refractivity contribution < 1.29 is 19.1 Å². The molecule has 34 heavy (non-hydrogen) atoms. The van der Waals surface area contributed by atoms with E-state index in [1.165, 1.54) is 14.0 Å². The second-order valence-corrected chi connectivity index (χ2v) is 8.66. The number of H-pyrrole nitrogens is 2. The van der Waals surface area contributed by atoms with Gasteiger partial charge < -0.3 is 24.9 Å². The average Bonchev–Trinajstić information content (AvgIpc) is 3.42. The van der Waals surface area contributed by atoms with E-state index in [-0.39, 0.29) is 11.8 Å². The van der Waals surface area contributed by atoms with Crippen LogP contribution in [-0.4, -0.2) is 52.3 Å². The van der Waals surface area contributed by atoms with E-state index in [1.54, 1.807) is 11.0 Å². The Bertz CT molecular complexity index is 1420. The standard InChI is InChI=1S/C26H26N4O4/c1-15(31)28-24(12-17-13-27-21-6-4-3-5-18(17)21)25(32)30-10-9-23-20(14-30)19-11-16(26(33)34-2)7-8-22(19)29-23/h3-8,11,13,24,27,29H,9-10,12,14H2,1-2H3,(H,28,31). The van der Waals surface area contributed by atoms with Gasteiger partial charge in [-0.2, -0.15) is 0 Å². The van der Waals surface area contributed by atoms with Crippen LogP contribution in [0.5, 0.6) is 0 Å². The van der Waals surface area contributed by atoms with Gasteiger partial charge in [0.1, 0.15) is 6.04 Å². The molecule has 174 valence electrons. The van der Waals surface area contributed by atoms with Crippen LogP contribution < -0.4 is 5.32 Å². The summed E-state index contributed by atoms with van der Waals surface area (Å²) in [5.41, 5.74) is 5.42. The number of hydrogen-bond donors (Lipinski definition) is 3. The molecule has 8 heteroatoms. The molecule has 0 spiro atoms. The van der Waals surface area contributed by atoms with E-state index in [9.17, 15) is 14.4 Å². The van der Waals surface area contributed by atoms with Gasteiger partial charge >= 0.3 is 5.97 Å². The highest BCUT2D eigenvalue weighted by molar-refractivity contribution is 5.96. The molecule has 0 saturated heterocycles. The Morgan fingerprint density at radius 3 is 2.74 bits per heavy atom. The van der Waals surface area contributed by atoms with Crippen LogP contribution in [0.2, 0.25) is 0 Å². The number of methoxy groups -OCH3 is 1.